The molecule has 0 saturated carbocycles. The van der Waals surface area contributed by atoms with E-state index in [1.165, 1.54) is 11.0 Å². The van der Waals surface area contributed by atoms with Gasteiger partial charge in [0.05, 0.1) is 6.07 Å². The highest BCUT2D eigenvalue weighted by Crippen LogP contribution is 2.31. The first-order valence-electron chi connectivity index (χ1n) is 7.86. The quantitative estimate of drug-likeness (QED) is 0.843. The lowest BCUT2D eigenvalue weighted by molar-refractivity contribution is 0.155. The fraction of sp³-hybridized carbons (Fsp3) is 0.158. The van der Waals surface area contributed by atoms with Gasteiger partial charge in [-0.05, 0) is 23.3 Å². The van der Waals surface area contributed by atoms with E-state index in [2.05, 4.69) is 5.32 Å². The molecule has 2 aromatic rings. The first kappa shape index (κ1) is 17.4. The van der Waals surface area contributed by atoms with Crippen LogP contribution in [0.1, 0.15) is 5.56 Å². The summed E-state index contributed by atoms with van der Waals surface area (Å²) in [4.78, 5) is 13.3. The highest BCUT2D eigenvalue weighted by molar-refractivity contribution is 5.85. The molecular weight excluding hydrogens is 340 g/mol. The molecule has 0 atom stereocenters. The molecule has 0 aliphatic carbocycles. The second-order valence-corrected chi connectivity index (χ2v) is 5.76. The van der Waals surface area contributed by atoms with Crippen molar-refractivity contribution in [3.63, 3.8) is 0 Å². The van der Waals surface area contributed by atoms with Crippen molar-refractivity contribution in [2.24, 2.45) is 0 Å². The van der Waals surface area contributed by atoms with Crippen LogP contribution in [0.3, 0.4) is 0 Å². The maximum atomic E-state index is 14.2. The van der Waals surface area contributed by atoms with Gasteiger partial charge in [0.25, 0.3) is 0 Å². The number of carbonyl (C=O) groups excluding carboxylic acids is 1. The minimum absolute atomic E-state index is 0.0323. The Hall–Kier alpha value is -3.40. The van der Waals surface area contributed by atoms with Gasteiger partial charge in [0.2, 0.25) is 0 Å². The monoisotopic (exact) mass is 355 g/mol. The average molecular weight is 355 g/mol. The average Bonchev–Trinajstić information content (AvgIpc) is 2.58. The van der Waals surface area contributed by atoms with Crippen molar-refractivity contribution in [1.82, 2.24) is 0 Å². The molecule has 1 amide bonds. The van der Waals surface area contributed by atoms with Crippen molar-refractivity contribution in [2.45, 2.75) is 6.61 Å². The van der Waals surface area contributed by atoms with Crippen LogP contribution in [0.25, 0.3) is 0 Å². The SMILES string of the molecule is N#CC=C1CN(c2c(F)cc(NC(=O)OCc3ccccc3)cc2F)C1. The predicted molar refractivity (Wildman–Crippen MR) is 92.5 cm³/mol. The Bertz CT molecular complexity index is 860. The summed E-state index contributed by atoms with van der Waals surface area (Å²) in [6.07, 6.45) is 0.564. The maximum absolute atomic E-state index is 14.2. The number of nitrogens with one attached hydrogen (secondary N) is 1. The molecular formula is C19H15F2N3O2. The second-order valence-electron chi connectivity index (χ2n) is 5.76. The molecule has 3 rings (SSSR count). The molecule has 7 heteroatoms. The third kappa shape index (κ3) is 3.98. The van der Waals surface area contributed by atoms with Crippen LogP contribution in [-0.4, -0.2) is 19.2 Å². The van der Waals surface area contributed by atoms with E-state index < -0.39 is 17.7 Å². The van der Waals surface area contributed by atoms with Crippen molar-refractivity contribution in [2.75, 3.05) is 23.3 Å². The Balaban J connectivity index is 1.62. The molecule has 2 aromatic carbocycles. The molecule has 1 fully saturated rings. The third-order valence-corrected chi connectivity index (χ3v) is 3.85. The number of carbonyl (C=O) groups is 1. The summed E-state index contributed by atoms with van der Waals surface area (Å²) in [6.45, 7) is 0.651. The number of hydrogen-bond acceptors (Lipinski definition) is 4. The van der Waals surface area contributed by atoms with Gasteiger partial charge < -0.3 is 9.64 Å². The van der Waals surface area contributed by atoms with Crippen molar-refractivity contribution in [1.29, 1.82) is 5.26 Å². The van der Waals surface area contributed by atoms with Crippen LogP contribution in [0.15, 0.2) is 54.1 Å². The number of anilines is 2. The summed E-state index contributed by atoms with van der Waals surface area (Å²) in [5, 5.41) is 10.9. The first-order valence-corrected chi connectivity index (χ1v) is 7.86. The number of nitriles is 1. The van der Waals surface area contributed by atoms with Crippen LogP contribution in [0, 0.1) is 23.0 Å². The van der Waals surface area contributed by atoms with Crippen molar-refractivity contribution in [3.8, 4) is 6.07 Å². The first-order chi connectivity index (χ1) is 12.6. The van der Waals surface area contributed by atoms with Crippen LogP contribution in [0.5, 0.6) is 0 Å². The number of nitrogens with zero attached hydrogens (tertiary/aromatic N) is 2. The summed E-state index contributed by atoms with van der Waals surface area (Å²) in [5.74, 6) is -1.58. The Morgan fingerprint density at radius 3 is 2.50 bits per heavy atom. The van der Waals surface area contributed by atoms with E-state index >= 15 is 0 Å². The van der Waals surface area contributed by atoms with Gasteiger partial charge in [0, 0.05) is 24.9 Å². The molecule has 1 aliphatic heterocycles. The molecule has 0 aromatic heterocycles. The maximum Gasteiger partial charge on any atom is 0.411 e. The predicted octanol–water partition coefficient (Wildman–Crippen LogP) is 3.98. The highest BCUT2D eigenvalue weighted by Gasteiger charge is 2.26. The standard InChI is InChI=1S/C19H15F2N3O2/c20-16-8-15(23-19(25)26-12-13-4-2-1-3-5-13)9-17(21)18(16)24-10-14(11-24)6-7-22/h1-6,8-9H,10-12H2,(H,23,25). The van der Waals surface area contributed by atoms with Crippen LogP contribution >= 0.6 is 0 Å². The summed E-state index contributed by atoms with van der Waals surface area (Å²) in [7, 11) is 0. The number of ether oxygens (including phenoxy) is 1. The molecule has 1 N–H and O–H groups in total. The zero-order valence-electron chi connectivity index (χ0n) is 13.7. The molecule has 26 heavy (non-hydrogen) atoms. The Kier molecular flexibility index (Phi) is 5.13. The lowest BCUT2D eigenvalue weighted by atomic mass is 10.1. The number of allylic oxidation sites excluding steroid dienone is 1. The molecule has 0 spiro atoms. The normalized spacial score (nSPS) is 12.8. The van der Waals surface area contributed by atoms with Gasteiger partial charge in [-0.2, -0.15) is 5.26 Å². The summed E-state index contributed by atoms with van der Waals surface area (Å²) in [6, 6.07) is 13.0. The molecule has 5 nitrogen and oxygen atoms in total. The van der Waals surface area contributed by atoms with Crippen LogP contribution in [0.4, 0.5) is 25.0 Å². The number of halogens is 2. The van der Waals surface area contributed by atoms with Crippen molar-refractivity contribution in [3.05, 3.63) is 71.3 Å². The van der Waals surface area contributed by atoms with E-state index in [9.17, 15) is 13.6 Å². The van der Waals surface area contributed by atoms with E-state index in [0.29, 0.717) is 13.1 Å². The number of rotatable bonds is 4. The molecule has 0 bridgehead atoms. The van der Waals surface area contributed by atoms with Crippen molar-refractivity contribution < 1.29 is 18.3 Å². The zero-order chi connectivity index (χ0) is 18.5. The van der Waals surface area contributed by atoms with Crippen LogP contribution < -0.4 is 10.2 Å². The van der Waals surface area contributed by atoms with Gasteiger partial charge in [-0.15, -0.1) is 0 Å². The van der Waals surface area contributed by atoms with E-state index in [1.54, 1.807) is 12.1 Å². The minimum atomic E-state index is -0.802. The molecule has 0 radical (unpaired) electrons. The summed E-state index contributed by atoms with van der Waals surface area (Å²) >= 11 is 0. The smallest absolute Gasteiger partial charge is 0.411 e. The van der Waals surface area contributed by atoms with Gasteiger partial charge in [0.1, 0.15) is 12.3 Å². The number of hydrogen-bond donors (Lipinski definition) is 1. The third-order valence-electron chi connectivity index (χ3n) is 3.85. The lowest BCUT2D eigenvalue weighted by Gasteiger charge is -2.36. The highest BCUT2D eigenvalue weighted by atomic mass is 19.1. The Morgan fingerprint density at radius 2 is 1.88 bits per heavy atom. The van der Waals surface area contributed by atoms with Crippen LogP contribution in [-0.2, 0) is 11.3 Å². The van der Waals surface area contributed by atoms with Gasteiger partial charge in [-0.1, -0.05) is 30.3 Å². The lowest BCUT2D eigenvalue weighted by Crippen LogP contribution is -2.41. The van der Waals surface area contributed by atoms with Gasteiger partial charge in [-0.3, -0.25) is 5.32 Å². The molecule has 132 valence electrons. The topological polar surface area (TPSA) is 65.4 Å². The largest absolute Gasteiger partial charge is 0.444 e. The molecule has 1 aliphatic rings. The zero-order valence-corrected chi connectivity index (χ0v) is 13.7. The van der Waals surface area contributed by atoms with E-state index in [-0.39, 0.29) is 18.0 Å². The minimum Gasteiger partial charge on any atom is -0.444 e. The second kappa shape index (κ2) is 7.66. The molecule has 1 saturated heterocycles. The van der Waals surface area contributed by atoms with E-state index in [4.69, 9.17) is 10.00 Å². The van der Waals surface area contributed by atoms with E-state index in [0.717, 1.165) is 23.3 Å². The van der Waals surface area contributed by atoms with Gasteiger partial charge >= 0.3 is 6.09 Å². The number of benzene rings is 2. The van der Waals surface area contributed by atoms with E-state index in [1.807, 2.05) is 24.3 Å². The number of amides is 1. The fourth-order valence-electron chi connectivity index (χ4n) is 2.60. The van der Waals surface area contributed by atoms with Gasteiger partial charge in [0.15, 0.2) is 11.6 Å². The van der Waals surface area contributed by atoms with Gasteiger partial charge in [-0.25, -0.2) is 13.6 Å². The molecule has 0 unspecified atom stereocenters. The Labute approximate surface area is 149 Å². The molecule has 1 heterocycles. The summed E-state index contributed by atoms with van der Waals surface area (Å²) < 4.78 is 33.5. The Morgan fingerprint density at radius 1 is 1.23 bits per heavy atom. The summed E-state index contributed by atoms with van der Waals surface area (Å²) in [5.41, 5.74) is 1.39. The van der Waals surface area contributed by atoms with Crippen LogP contribution in [0.2, 0.25) is 0 Å². The fourth-order valence-corrected chi connectivity index (χ4v) is 2.60. The van der Waals surface area contributed by atoms with Crippen molar-refractivity contribution >= 4 is 17.5 Å².